The van der Waals surface area contributed by atoms with Crippen LogP contribution in [0.1, 0.15) is 40.4 Å². The minimum Gasteiger partial charge on any atom is -0.318 e. The minimum absolute atomic E-state index is 0.157. The number of alkyl halides is 3. The fourth-order valence-corrected chi connectivity index (χ4v) is 4.38. The monoisotopic (exact) mass is 541 g/mol. The number of imidazole rings is 1. The molecule has 0 unspecified atom stereocenters. The van der Waals surface area contributed by atoms with Crippen LogP contribution in [0, 0.1) is 23.0 Å². The average Bonchev–Trinajstić information content (AvgIpc) is 3.67. The van der Waals surface area contributed by atoms with Gasteiger partial charge >= 0.3 is 6.18 Å². The van der Waals surface area contributed by atoms with Gasteiger partial charge in [0.1, 0.15) is 29.2 Å². The molecule has 0 radical (unpaired) electrons. The molecule has 0 bridgehead atoms. The zero-order valence-corrected chi connectivity index (χ0v) is 20.2. The summed E-state index contributed by atoms with van der Waals surface area (Å²) < 4.78 is 71.4. The summed E-state index contributed by atoms with van der Waals surface area (Å²) in [7, 11) is 0. The zero-order valence-electron chi connectivity index (χ0n) is 20.2. The van der Waals surface area contributed by atoms with Gasteiger partial charge in [-0.1, -0.05) is 0 Å². The van der Waals surface area contributed by atoms with Crippen LogP contribution in [-0.2, 0) is 12.7 Å². The van der Waals surface area contributed by atoms with E-state index >= 15 is 4.39 Å². The van der Waals surface area contributed by atoms with Crippen molar-refractivity contribution in [1.29, 1.82) is 5.26 Å². The van der Waals surface area contributed by atoms with Crippen molar-refractivity contribution in [2.75, 3.05) is 18.4 Å². The van der Waals surface area contributed by atoms with Crippen LogP contribution in [0.2, 0.25) is 0 Å². The first-order chi connectivity index (χ1) is 18.6. The van der Waals surface area contributed by atoms with Crippen LogP contribution in [0.3, 0.4) is 0 Å². The predicted molar refractivity (Wildman–Crippen MR) is 129 cm³/mol. The molecule has 5 rings (SSSR count). The predicted octanol–water partition coefficient (Wildman–Crippen LogP) is 5.07. The van der Waals surface area contributed by atoms with Crippen molar-refractivity contribution in [3.8, 4) is 17.4 Å². The molecule has 1 amide bonds. The van der Waals surface area contributed by atoms with E-state index in [1.165, 1.54) is 12.1 Å². The molecule has 2 aromatic carbocycles. The number of aromatic nitrogens is 4. The van der Waals surface area contributed by atoms with E-state index in [9.17, 15) is 22.4 Å². The number of carbonyl (C=O) groups excluding carboxylic acids is 1. The summed E-state index contributed by atoms with van der Waals surface area (Å²) in [6.07, 6.45) is 0.601. The second-order valence-electron chi connectivity index (χ2n) is 8.92. The van der Waals surface area contributed by atoms with Gasteiger partial charge < -0.3 is 9.88 Å². The molecule has 1 aliphatic heterocycles. The number of carbonyl (C=O) groups is 1. The maximum absolute atomic E-state index is 15.1. The second-order valence-corrected chi connectivity index (χ2v) is 8.92. The van der Waals surface area contributed by atoms with Crippen LogP contribution >= 0.6 is 0 Å². The van der Waals surface area contributed by atoms with Crippen LogP contribution in [0.25, 0.3) is 11.4 Å². The summed E-state index contributed by atoms with van der Waals surface area (Å²) in [5.74, 6) is -2.09. The Bertz CT molecular complexity index is 1580. The highest BCUT2D eigenvalue weighted by Crippen LogP contribution is 2.30. The molecule has 13 heteroatoms. The van der Waals surface area contributed by atoms with Gasteiger partial charge in [0.15, 0.2) is 5.69 Å². The lowest BCUT2D eigenvalue weighted by atomic mass is 10.2. The molecule has 200 valence electrons. The number of rotatable bonds is 6. The van der Waals surface area contributed by atoms with Gasteiger partial charge in [-0.05, 0) is 56.3 Å². The van der Waals surface area contributed by atoms with E-state index in [1.807, 2.05) is 0 Å². The van der Waals surface area contributed by atoms with Crippen molar-refractivity contribution in [2.24, 2.45) is 0 Å². The number of nitrogens with one attached hydrogen (secondary N) is 1. The average molecular weight is 541 g/mol. The Morgan fingerprint density at radius 1 is 1.03 bits per heavy atom. The maximum atomic E-state index is 15.1. The van der Waals surface area contributed by atoms with Gasteiger partial charge in [0.2, 0.25) is 0 Å². The molecule has 1 saturated heterocycles. The standard InChI is InChI=1S/C26H20F5N7O/c27-19-5-3-18(11-16(19)14-32)38-22(13-23(35-38)26(29,30)31)25(39)34-21-6-4-17(12-20(21)28)37-10-7-33-24(37)15-36-8-1-2-9-36/h3-7,10-13H,1-2,8-9,15H2,(H,34,39). The lowest BCUT2D eigenvalue weighted by molar-refractivity contribution is -0.141. The molecule has 0 aliphatic carbocycles. The fraction of sp³-hybridized carbons (Fsp3) is 0.231. The summed E-state index contributed by atoms with van der Waals surface area (Å²) in [4.78, 5) is 19.6. The first-order valence-electron chi connectivity index (χ1n) is 11.9. The van der Waals surface area contributed by atoms with Gasteiger partial charge in [-0.2, -0.15) is 23.5 Å². The van der Waals surface area contributed by atoms with Gasteiger partial charge in [0, 0.05) is 30.2 Å². The molecule has 1 fully saturated rings. The van der Waals surface area contributed by atoms with Gasteiger partial charge in [-0.15, -0.1) is 0 Å². The van der Waals surface area contributed by atoms with E-state index in [0.717, 1.165) is 44.1 Å². The molecule has 0 saturated carbocycles. The van der Waals surface area contributed by atoms with Crippen molar-refractivity contribution in [2.45, 2.75) is 25.6 Å². The van der Waals surface area contributed by atoms with Crippen LogP contribution in [0.5, 0.6) is 0 Å². The van der Waals surface area contributed by atoms with Crippen LogP contribution < -0.4 is 5.32 Å². The first-order valence-corrected chi connectivity index (χ1v) is 11.9. The molecule has 0 spiro atoms. The van der Waals surface area contributed by atoms with Crippen LogP contribution in [-0.4, -0.2) is 43.2 Å². The summed E-state index contributed by atoms with van der Waals surface area (Å²) >= 11 is 0. The molecule has 0 atom stereocenters. The molecular weight excluding hydrogens is 521 g/mol. The van der Waals surface area contributed by atoms with Crippen molar-refractivity contribution in [1.82, 2.24) is 24.2 Å². The number of nitriles is 1. The highest BCUT2D eigenvalue weighted by molar-refractivity contribution is 6.03. The third-order valence-electron chi connectivity index (χ3n) is 6.31. The Labute approximate surface area is 218 Å². The third-order valence-corrected chi connectivity index (χ3v) is 6.31. The third kappa shape index (κ3) is 5.37. The van der Waals surface area contributed by atoms with Crippen molar-refractivity contribution >= 4 is 11.6 Å². The number of amides is 1. The van der Waals surface area contributed by atoms with Gasteiger partial charge in [-0.25, -0.2) is 18.4 Å². The molecule has 1 N–H and O–H groups in total. The first kappa shape index (κ1) is 26.1. The lowest BCUT2D eigenvalue weighted by Crippen LogP contribution is -2.21. The largest absolute Gasteiger partial charge is 0.435 e. The number of benzene rings is 2. The molecule has 3 heterocycles. The van der Waals surface area contributed by atoms with E-state index in [-0.39, 0.29) is 11.4 Å². The number of anilines is 1. The Hall–Kier alpha value is -4.57. The summed E-state index contributed by atoms with van der Waals surface area (Å²) in [6.45, 7) is 2.50. The number of halogens is 5. The quantitative estimate of drug-likeness (QED) is 0.344. The zero-order chi connectivity index (χ0) is 27.7. The topological polar surface area (TPSA) is 91.8 Å². The fourth-order valence-electron chi connectivity index (χ4n) is 4.38. The smallest absolute Gasteiger partial charge is 0.318 e. The highest BCUT2D eigenvalue weighted by Gasteiger charge is 2.36. The van der Waals surface area contributed by atoms with Gasteiger partial charge in [0.25, 0.3) is 5.91 Å². The number of nitrogens with zero attached hydrogens (tertiary/aromatic N) is 6. The van der Waals surface area contributed by atoms with E-state index in [0.29, 0.717) is 28.8 Å². The van der Waals surface area contributed by atoms with E-state index in [1.54, 1.807) is 29.1 Å². The highest BCUT2D eigenvalue weighted by atomic mass is 19.4. The van der Waals surface area contributed by atoms with E-state index in [2.05, 4.69) is 20.3 Å². The lowest BCUT2D eigenvalue weighted by Gasteiger charge is -2.16. The molecule has 4 aromatic rings. The van der Waals surface area contributed by atoms with Crippen LogP contribution in [0.4, 0.5) is 27.6 Å². The summed E-state index contributed by atoms with van der Waals surface area (Å²) in [6, 6.07) is 9.00. The normalized spacial score (nSPS) is 13.9. The molecule has 1 aliphatic rings. The van der Waals surface area contributed by atoms with Gasteiger partial charge in [0.05, 0.1) is 23.5 Å². The summed E-state index contributed by atoms with van der Waals surface area (Å²) in [5, 5.41) is 14.8. The van der Waals surface area contributed by atoms with Crippen molar-refractivity contribution in [3.05, 3.63) is 89.3 Å². The molecular formula is C26H20F5N7O. The van der Waals surface area contributed by atoms with Crippen LogP contribution in [0.15, 0.2) is 54.9 Å². The molecule has 2 aromatic heterocycles. The van der Waals surface area contributed by atoms with Crippen molar-refractivity contribution < 1.29 is 26.7 Å². The minimum atomic E-state index is -4.90. The maximum Gasteiger partial charge on any atom is 0.435 e. The molecule has 39 heavy (non-hydrogen) atoms. The Morgan fingerprint density at radius 2 is 1.77 bits per heavy atom. The second kappa shape index (κ2) is 10.3. The van der Waals surface area contributed by atoms with E-state index in [4.69, 9.17) is 5.26 Å². The number of hydrogen-bond acceptors (Lipinski definition) is 5. The number of likely N-dealkylation sites (tertiary alicyclic amines) is 1. The van der Waals surface area contributed by atoms with Gasteiger partial charge in [-0.3, -0.25) is 9.69 Å². The van der Waals surface area contributed by atoms with Crippen molar-refractivity contribution in [3.63, 3.8) is 0 Å². The summed E-state index contributed by atoms with van der Waals surface area (Å²) in [5.41, 5.74) is -2.41. The Morgan fingerprint density at radius 3 is 2.46 bits per heavy atom. The SMILES string of the molecule is N#Cc1cc(-n2nc(C(F)(F)F)cc2C(=O)Nc2ccc(-n3ccnc3CN3CCCC3)cc2F)ccc1F. The molecule has 8 nitrogen and oxygen atoms in total. The Kier molecular flexibility index (Phi) is 6.88. The number of hydrogen-bond donors (Lipinski definition) is 1. The van der Waals surface area contributed by atoms with E-state index < -0.39 is 40.7 Å². The Balaban J connectivity index is 1.43.